The first-order valence-electron chi connectivity index (χ1n) is 9.93. The molecule has 0 unspecified atom stereocenters. The molecule has 0 aliphatic carbocycles. The van der Waals surface area contributed by atoms with Crippen LogP contribution in [0.25, 0.3) is 21.8 Å². The summed E-state index contributed by atoms with van der Waals surface area (Å²) in [5, 5.41) is 2.15. The van der Waals surface area contributed by atoms with Gasteiger partial charge in [-0.15, -0.1) is 0 Å². The number of allylic oxidation sites excluding steroid dienone is 1. The van der Waals surface area contributed by atoms with Crippen LogP contribution >= 0.6 is 0 Å². The molecule has 1 aromatic carbocycles. The van der Waals surface area contributed by atoms with E-state index >= 15 is 0 Å². The normalized spacial score (nSPS) is 10.9. The maximum atomic E-state index is 4.54. The molecule has 0 saturated heterocycles. The fraction of sp³-hybridized carbons (Fsp3) is 0.360. The van der Waals surface area contributed by atoms with Crippen LogP contribution in [-0.4, -0.2) is 9.97 Å². The van der Waals surface area contributed by atoms with Gasteiger partial charge in [-0.05, 0) is 43.0 Å². The summed E-state index contributed by atoms with van der Waals surface area (Å²) in [6.45, 7) is 8.78. The molecule has 0 atom stereocenters. The van der Waals surface area contributed by atoms with Crippen molar-refractivity contribution in [1.29, 1.82) is 0 Å². The highest BCUT2D eigenvalue weighted by molar-refractivity contribution is 6.05. The van der Waals surface area contributed by atoms with E-state index in [1.54, 1.807) is 0 Å². The molecule has 0 amide bonds. The van der Waals surface area contributed by atoms with Crippen LogP contribution in [0.4, 0.5) is 0 Å². The molecule has 0 aliphatic rings. The first-order chi connectivity index (χ1) is 13.1. The highest BCUT2D eigenvalue weighted by Gasteiger charge is 2.06. The maximum absolute atomic E-state index is 4.54. The van der Waals surface area contributed by atoms with Gasteiger partial charge in [0.15, 0.2) is 0 Å². The summed E-state index contributed by atoms with van der Waals surface area (Å²) in [7, 11) is 0. The predicted octanol–water partition coefficient (Wildman–Crippen LogP) is 6.69. The lowest BCUT2D eigenvalue weighted by molar-refractivity contribution is 0.526. The zero-order valence-electron chi connectivity index (χ0n) is 16.5. The first-order valence-corrected chi connectivity index (χ1v) is 9.93. The lowest BCUT2D eigenvalue weighted by atomic mass is 10.0. The first kappa shape index (κ1) is 19.1. The summed E-state index contributed by atoms with van der Waals surface area (Å²) in [6, 6.07) is 10.2. The van der Waals surface area contributed by atoms with Gasteiger partial charge in [0.2, 0.25) is 0 Å². The number of unbranched alkanes of at least 4 members (excludes halogenated alkanes) is 2. The Kier molecular flexibility index (Phi) is 6.60. The minimum Gasteiger partial charge on any atom is -0.254 e. The molecular formula is C25H28N2. The molecule has 0 bridgehead atoms. The average molecular weight is 357 g/mol. The van der Waals surface area contributed by atoms with E-state index in [9.17, 15) is 0 Å². The molecule has 2 nitrogen and oxygen atoms in total. The largest absolute Gasteiger partial charge is 0.254 e. The van der Waals surface area contributed by atoms with Crippen LogP contribution in [0.15, 0.2) is 54.9 Å². The molecular weight excluding hydrogens is 328 g/mol. The van der Waals surface area contributed by atoms with Crippen LogP contribution < -0.4 is 0 Å². The Balaban J connectivity index is 1.67. The van der Waals surface area contributed by atoms with Crippen molar-refractivity contribution in [3.63, 3.8) is 0 Å². The van der Waals surface area contributed by atoms with Crippen molar-refractivity contribution in [1.82, 2.24) is 9.97 Å². The lowest BCUT2D eigenvalue weighted by Gasteiger charge is -2.05. The van der Waals surface area contributed by atoms with Crippen LogP contribution in [0.1, 0.15) is 57.9 Å². The Morgan fingerprint density at radius 3 is 2.63 bits per heavy atom. The Morgan fingerprint density at radius 2 is 1.81 bits per heavy atom. The van der Waals surface area contributed by atoms with Crippen LogP contribution in [0.3, 0.4) is 0 Å². The van der Waals surface area contributed by atoms with Crippen molar-refractivity contribution in [3.8, 4) is 11.8 Å². The van der Waals surface area contributed by atoms with Gasteiger partial charge in [-0.3, -0.25) is 9.97 Å². The highest BCUT2D eigenvalue weighted by atomic mass is 14.7. The molecule has 0 saturated carbocycles. The molecule has 0 radical (unpaired) electrons. The Hall–Kier alpha value is -2.66. The zero-order chi connectivity index (χ0) is 19.1. The number of hydrogen-bond donors (Lipinski definition) is 0. The monoisotopic (exact) mass is 356 g/mol. The van der Waals surface area contributed by atoms with Gasteiger partial charge in [-0.1, -0.05) is 63.2 Å². The van der Waals surface area contributed by atoms with E-state index in [-0.39, 0.29) is 0 Å². The van der Waals surface area contributed by atoms with Gasteiger partial charge in [0.1, 0.15) is 0 Å². The van der Waals surface area contributed by atoms with Crippen molar-refractivity contribution < 1.29 is 0 Å². The maximum Gasteiger partial charge on any atom is 0.0977 e. The molecule has 2 aromatic heterocycles. The van der Waals surface area contributed by atoms with Crippen molar-refractivity contribution in [2.24, 2.45) is 5.92 Å². The Bertz CT molecular complexity index is 989. The molecule has 3 rings (SSSR count). The van der Waals surface area contributed by atoms with Crippen molar-refractivity contribution in [3.05, 3.63) is 60.4 Å². The summed E-state index contributed by atoms with van der Waals surface area (Å²) < 4.78 is 0. The second-order valence-corrected chi connectivity index (χ2v) is 7.62. The van der Waals surface area contributed by atoms with E-state index in [0.29, 0.717) is 0 Å². The number of aromatic nitrogens is 2. The molecule has 138 valence electrons. The molecule has 3 aromatic rings. The third-order valence-corrected chi connectivity index (χ3v) is 4.83. The molecule has 0 spiro atoms. The Labute approximate surface area is 162 Å². The van der Waals surface area contributed by atoms with Crippen LogP contribution in [0.2, 0.25) is 0 Å². The Morgan fingerprint density at radius 1 is 1.04 bits per heavy atom. The van der Waals surface area contributed by atoms with Crippen molar-refractivity contribution in [2.45, 2.75) is 52.4 Å². The second kappa shape index (κ2) is 9.33. The van der Waals surface area contributed by atoms with E-state index < -0.39 is 0 Å². The summed E-state index contributed by atoms with van der Waals surface area (Å²) >= 11 is 0. The van der Waals surface area contributed by atoms with Gasteiger partial charge in [0, 0.05) is 35.2 Å². The molecule has 2 heteroatoms. The minimum atomic E-state index is 0.761. The number of fused-ring (bicyclic) bond motifs is 3. The van der Waals surface area contributed by atoms with Crippen LogP contribution in [0, 0.1) is 17.8 Å². The minimum absolute atomic E-state index is 0.761. The third kappa shape index (κ3) is 5.17. The van der Waals surface area contributed by atoms with Crippen molar-refractivity contribution >= 4 is 21.8 Å². The van der Waals surface area contributed by atoms with Gasteiger partial charge < -0.3 is 0 Å². The van der Waals surface area contributed by atoms with Crippen LogP contribution in [0.5, 0.6) is 0 Å². The van der Waals surface area contributed by atoms with Gasteiger partial charge in [0.05, 0.1) is 11.0 Å². The molecule has 0 aliphatic heterocycles. The van der Waals surface area contributed by atoms with Gasteiger partial charge in [-0.2, -0.15) is 0 Å². The quantitative estimate of drug-likeness (QED) is 0.204. The second-order valence-electron chi connectivity index (χ2n) is 7.62. The smallest absolute Gasteiger partial charge is 0.0977 e. The number of pyridine rings is 2. The molecule has 0 N–H and O–H groups in total. The highest BCUT2D eigenvalue weighted by Crippen LogP contribution is 2.25. The SMILES string of the molecule is C=C(CC#Cc1cc2cccnc2c2ncccc12)CCCCCC(C)C. The summed E-state index contributed by atoms with van der Waals surface area (Å²) in [6.07, 6.45) is 10.6. The summed E-state index contributed by atoms with van der Waals surface area (Å²) in [5.74, 6) is 7.47. The molecule has 27 heavy (non-hydrogen) atoms. The van der Waals surface area contributed by atoms with E-state index in [4.69, 9.17) is 0 Å². The number of rotatable bonds is 7. The topological polar surface area (TPSA) is 25.8 Å². The molecule has 2 heterocycles. The fourth-order valence-electron chi connectivity index (χ4n) is 3.34. The standard InChI is InChI=1S/C25H28N2/c1-19(2)10-5-4-6-11-20(3)12-7-13-21-18-22-14-8-16-26-24(22)25-23(21)15-9-17-27-25/h8-9,14-19H,3-6,10-12H2,1-2H3. The third-order valence-electron chi connectivity index (χ3n) is 4.83. The number of benzene rings is 1. The van der Waals surface area contributed by atoms with Crippen LogP contribution in [-0.2, 0) is 0 Å². The van der Waals surface area contributed by atoms with Gasteiger partial charge in [-0.25, -0.2) is 0 Å². The molecule has 0 fully saturated rings. The fourth-order valence-corrected chi connectivity index (χ4v) is 3.34. The summed E-state index contributed by atoms with van der Waals surface area (Å²) in [5.41, 5.74) is 4.11. The van der Waals surface area contributed by atoms with E-state index in [2.05, 4.69) is 60.4 Å². The average Bonchev–Trinajstić information content (AvgIpc) is 2.67. The predicted molar refractivity (Wildman–Crippen MR) is 116 cm³/mol. The number of hydrogen-bond acceptors (Lipinski definition) is 2. The van der Waals surface area contributed by atoms with E-state index in [1.165, 1.54) is 31.3 Å². The zero-order valence-corrected chi connectivity index (χ0v) is 16.5. The number of nitrogens with zero attached hydrogens (tertiary/aromatic N) is 2. The van der Waals surface area contributed by atoms with Gasteiger partial charge >= 0.3 is 0 Å². The lowest BCUT2D eigenvalue weighted by Crippen LogP contribution is -1.89. The summed E-state index contributed by atoms with van der Waals surface area (Å²) in [4.78, 5) is 9.03. The van der Waals surface area contributed by atoms with E-state index in [1.807, 2.05) is 24.5 Å². The van der Waals surface area contributed by atoms with Gasteiger partial charge in [0.25, 0.3) is 0 Å². The van der Waals surface area contributed by atoms with E-state index in [0.717, 1.165) is 46.1 Å². The van der Waals surface area contributed by atoms with Crippen molar-refractivity contribution in [2.75, 3.05) is 0 Å².